The van der Waals surface area contributed by atoms with Gasteiger partial charge in [0.05, 0.1) is 11.9 Å². The van der Waals surface area contributed by atoms with Crippen LogP contribution in [0.3, 0.4) is 0 Å². The van der Waals surface area contributed by atoms with E-state index in [9.17, 15) is 9.59 Å². The van der Waals surface area contributed by atoms with Gasteiger partial charge in [0, 0.05) is 37.6 Å². The van der Waals surface area contributed by atoms with Crippen LogP contribution in [0.1, 0.15) is 23.8 Å². The maximum atomic E-state index is 13.0. The molecular formula is C21H23N5O2. The van der Waals surface area contributed by atoms with E-state index < -0.39 is 0 Å². The van der Waals surface area contributed by atoms with Crippen LogP contribution in [-0.2, 0) is 4.79 Å². The Morgan fingerprint density at radius 2 is 2.04 bits per heavy atom. The van der Waals surface area contributed by atoms with Gasteiger partial charge in [-0.25, -0.2) is 4.98 Å². The number of imidazole rings is 1. The highest BCUT2D eigenvalue weighted by molar-refractivity contribution is 5.93. The first kappa shape index (κ1) is 19.3. The maximum Gasteiger partial charge on any atom is 0.274 e. The summed E-state index contributed by atoms with van der Waals surface area (Å²) in [6.07, 6.45) is 6.56. The van der Waals surface area contributed by atoms with E-state index in [1.165, 1.54) is 0 Å². The first-order chi connectivity index (χ1) is 13.7. The normalized spacial score (nSPS) is 10.5. The summed E-state index contributed by atoms with van der Waals surface area (Å²) in [7, 11) is 0. The third-order valence-corrected chi connectivity index (χ3v) is 4.38. The van der Waals surface area contributed by atoms with Crippen LogP contribution < -0.4 is 5.32 Å². The van der Waals surface area contributed by atoms with E-state index in [1.807, 2.05) is 54.0 Å². The maximum absolute atomic E-state index is 13.0. The summed E-state index contributed by atoms with van der Waals surface area (Å²) in [5, 5.41) is 2.62. The molecule has 2 heterocycles. The lowest BCUT2D eigenvalue weighted by Crippen LogP contribution is -2.33. The van der Waals surface area contributed by atoms with Gasteiger partial charge >= 0.3 is 0 Å². The van der Waals surface area contributed by atoms with Crippen molar-refractivity contribution in [1.29, 1.82) is 0 Å². The minimum Gasteiger partial charge on any atom is -0.359 e. The van der Waals surface area contributed by atoms with Crippen molar-refractivity contribution in [2.75, 3.05) is 19.6 Å². The van der Waals surface area contributed by atoms with Gasteiger partial charge in [0.25, 0.3) is 5.91 Å². The molecule has 0 aliphatic rings. The number of hydrogen-bond acceptors (Lipinski definition) is 4. The molecule has 144 valence electrons. The number of nitrogens with zero attached hydrogens (tertiary/aromatic N) is 4. The van der Waals surface area contributed by atoms with E-state index in [0.29, 0.717) is 44.0 Å². The Bertz CT molecular complexity index is 852. The number of nitrogens with one attached hydrogen (secondary N) is 1. The molecule has 7 heteroatoms. The summed E-state index contributed by atoms with van der Waals surface area (Å²) in [5.41, 5.74) is 2.14. The molecule has 0 spiro atoms. The van der Waals surface area contributed by atoms with E-state index in [1.54, 1.807) is 23.5 Å². The number of hydrogen-bond donors (Lipinski definition) is 1. The van der Waals surface area contributed by atoms with Crippen LogP contribution in [0.5, 0.6) is 0 Å². The Morgan fingerprint density at radius 1 is 1.21 bits per heavy atom. The summed E-state index contributed by atoms with van der Waals surface area (Å²) < 4.78 is 1.89. The zero-order chi connectivity index (χ0) is 19.8. The topological polar surface area (TPSA) is 80.1 Å². The molecule has 0 aliphatic heterocycles. The molecule has 0 aliphatic carbocycles. The fraction of sp³-hybridized carbons (Fsp3) is 0.238. The molecule has 0 radical (unpaired) electrons. The number of carbonyl (C=O) groups is 2. The molecule has 1 aromatic carbocycles. The summed E-state index contributed by atoms with van der Waals surface area (Å²) in [6.45, 7) is 3.59. The van der Waals surface area contributed by atoms with Gasteiger partial charge in [-0.2, -0.15) is 0 Å². The van der Waals surface area contributed by atoms with E-state index in [-0.39, 0.29) is 5.91 Å². The van der Waals surface area contributed by atoms with Gasteiger partial charge in [0.2, 0.25) is 6.41 Å². The lowest BCUT2D eigenvalue weighted by Gasteiger charge is -2.19. The largest absolute Gasteiger partial charge is 0.359 e. The number of carbonyl (C=O) groups excluding carboxylic acids is 2. The quantitative estimate of drug-likeness (QED) is 0.459. The number of pyridine rings is 1. The highest BCUT2D eigenvalue weighted by Gasteiger charge is 2.20. The average Bonchev–Trinajstić information content (AvgIpc) is 3.20. The minimum absolute atomic E-state index is 0.131. The molecule has 7 nitrogen and oxygen atoms in total. The first-order valence-electron chi connectivity index (χ1n) is 9.26. The number of benzene rings is 1. The highest BCUT2D eigenvalue weighted by atomic mass is 16.2. The molecule has 0 unspecified atom stereocenters. The lowest BCUT2D eigenvalue weighted by atomic mass is 10.2. The third kappa shape index (κ3) is 4.43. The van der Waals surface area contributed by atoms with Crippen molar-refractivity contribution in [1.82, 2.24) is 24.8 Å². The molecule has 0 saturated heterocycles. The molecule has 28 heavy (non-hydrogen) atoms. The van der Waals surface area contributed by atoms with Gasteiger partial charge in [-0.3, -0.25) is 19.1 Å². The second-order valence-electron chi connectivity index (χ2n) is 6.21. The second-order valence-corrected chi connectivity index (χ2v) is 6.21. The van der Waals surface area contributed by atoms with Crippen molar-refractivity contribution in [2.45, 2.75) is 13.3 Å². The summed E-state index contributed by atoms with van der Waals surface area (Å²) in [5.74, 6) is 0.559. The SMILES string of the molecule is CCN(CCCNC=O)C(=O)c1cn(-c2cccnc2)c(-c2ccccc2)n1. The van der Waals surface area contributed by atoms with Crippen molar-refractivity contribution in [3.8, 4) is 17.1 Å². The molecule has 1 N–H and O–H groups in total. The Hall–Kier alpha value is -3.48. The summed E-state index contributed by atoms with van der Waals surface area (Å²) in [4.78, 5) is 33.9. The van der Waals surface area contributed by atoms with Crippen molar-refractivity contribution in [2.24, 2.45) is 0 Å². The summed E-state index contributed by atoms with van der Waals surface area (Å²) >= 11 is 0. The lowest BCUT2D eigenvalue weighted by molar-refractivity contribution is -0.109. The molecule has 3 aromatic rings. The van der Waals surface area contributed by atoms with Crippen molar-refractivity contribution in [3.63, 3.8) is 0 Å². The zero-order valence-corrected chi connectivity index (χ0v) is 15.8. The molecule has 3 rings (SSSR count). The number of rotatable bonds is 9. The van der Waals surface area contributed by atoms with Gasteiger partial charge < -0.3 is 10.2 Å². The smallest absolute Gasteiger partial charge is 0.274 e. The van der Waals surface area contributed by atoms with E-state index >= 15 is 0 Å². The average molecular weight is 377 g/mol. The van der Waals surface area contributed by atoms with Crippen LogP contribution in [0.15, 0.2) is 61.1 Å². The molecule has 0 atom stereocenters. The molecule has 2 aromatic heterocycles. The molecule has 0 fully saturated rings. The van der Waals surface area contributed by atoms with Crippen molar-refractivity contribution < 1.29 is 9.59 Å². The first-order valence-corrected chi connectivity index (χ1v) is 9.26. The monoisotopic (exact) mass is 377 g/mol. The molecule has 0 saturated carbocycles. The summed E-state index contributed by atoms with van der Waals surface area (Å²) in [6, 6.07) is 13.5. The van der Waals surface area contributed by atoms with Gasteiger partial charge in [0.1, 0.15) is 11.5 Å². The molecule has 0 bridgehead atoms. The highest BCUT2D eigenvalue weighted by Crippen LogP contribution is 2.23. The molecular weight excluding hydrogens is 354 g/mol. The van der Waals surface area contributed by atoms with Crippen LogP contribution in [-0.4, -0.2) is 51.4 Å². The van der Waals surface area contributed by atoms with Crippen LogP contribution in [0.2, 0.25) is 0 Å². The Kier molecular flexibility index (Phi) is 6.51. The van der Waals surface area contributed by atoms with Crippen LogP contribution >= 0.6 is 0 Å². The Balaban J connectivity index is 1.92. The Labute approximate surface area is 164 Å². The molecule has 2 amide bonds. The van der Waals surface area contributed by atoms with Crippen LogP contribution in [0, 0.1) is 0 Å². The minimum atomic E-state index is -0.131. The van der Waals surface area contributed by atoms with Gasteiger partial charge in [-0.05, 0) is 25.5 Å². The van der Waals surface area contributed by atoms with Gasteiger partial charge in [-0.15, -0.1) is 0 Å². The van der Waals surface area contributed by atoms with Crippen LogP contribution in [0.4, 0.5) is 0 Å². The predicted octanol–water partition coefficient (Wildman–Crippen LogP) is 2.53. The van der Waals surface area contributed by atoms with Gasteiger partial charge in [-0.1, -0.05) is 30.3 Å². The van der Waals surface area contributed by atoms with Crippen molar-refractivity contribution >= 4 is 12.3 Å². The Morgan fingerprint density at radius 3 is 2.71 bits per heavy atom. The van der Waals surface area contributed by atoms with Crippen molar-refractivity contribution in [3.05, 3.63) is 66.7 Å². The van der Waals surface area contributed by atoms with Gasteiger partial charge in [0.15, 0.2) is 0 Å². The number of aromatic nitrogens is 3. The fourth-order valence-electron chi connectivity index (χ4n) is 2.96. The van der Waals surface area contributed by atoms with Crippen LogP contribution in [0.25, 0.3) is 17.1 Å². The van der Waals surface area contributed by atoms with E-state index in [4.69, 9.17) is 0 Å². The number of amides is 2. The van der Waals surface area contributed by atoms with E-state index in [2.05, 4.69) is 15.3 Å². The fourth-order valence-corrected chi connectivity index (χ4v) is 2.96. The predicted molar refractivity (Wildman–Crippen MR) is 107 cm³/mol. The van der Waals surface area contributed by atoms with E-state index in [0.717, 1.165) is 11.3 Å². The zero-order valence-electron chi connectivity index (χ0n) is 15.8. The third-order valence-electron chi connectivity index (χ3n) is 4.38. The standard InChI is InChI=1S/C21H23N5O2/c1-2-25(13-7-12-23-16-27)21(28)19-15-26(18-10-6-11-22-14-18)20(24-19)17-8-4-3-5-9-17/h3-6,8-11,14-16H,2,7,12-13H2,1H3,(H,23,27). The second kappa shape index (κ2) is 9.45.